The Balaban J connectivity index is 1.50. The van der Waals surface area contributed by atoms with E-state index in [0.29, 0.717) is 32.2 Å². The van der Waals surface area contributed by atoms with Gasteiger partial charge in [0.15, 0.2) is 4.80 Å². The van der Waals surface area contributed by atoms with Gasteiger partial charge in [0.05, 0.1) is 22.4 Å². The van der Waals surface area contributed by atoms with E-state index in [4.69, 9.17) is 16.3 Å². The number of thiazole rings is 1. The molecule has 6 nitrogen and oxygen atoms in total. The topological polar surface area (TPSA) is 65.6 Å². The van der Waals surface area contributed by atoms with Crippen molar-refractivity contribution in [2.24, 2.45) is 4.99 Å². The monoisotopic (exact) mass is 573 g/mol. The van der Waals surface area contributed by atoms with Gasteiger partial charge in [-0.1, -0.05) is 59.3 Å². The molecule has 1 atom stereocenters. The second kappa shape index (κ2) is 10.4. The van der Waals surface area contributed by atoms with E-state index in [1.54, 1.807) is 18.4 Å². The van der Waals surface area contributed by atoms with Crippen molar-refractivity contribution >= 4 is 57.2 Å². The molecule has 0 unspecified atom stereocenters. The number of para-hydroxylation sites is 1. The Hall–Kier alpha value is -3.72. The number of rotatable bonds is 6. The minimum absolute atomic E-state index is 0.182. The summed E-state index contributed by atoms with van der Waals surface area (Å²) in [4.78, 5) is 33.0. The van der Waals surface area contributed by atoms with Gasteiger partial charge >= 0.3 is 5.97 Å². The second-order valence-electron chi connectivity index (χ2n) is 9.18. The van der Waals surface area contributed by atoms with E-state index in [0.717, 1.165) is 26.9 Å². The first-order valence-electron chi connectivity index (χ1n) is 12.5. The Bertz CT molecular complexity index is 1930. The van der Waals surface area contributed by atoms with Crippen molar-refractivity contribution in [3.05, 3.63) is 124 Å². The first-order valence-corrected chi connectivity index (χ1v) is 14.6. The third-order valence-corrected chi connectivity index (χ3v) is 8.82. The summed E-state index contributed by atoms with van der Waals surface area (Å²) in [5.74, 6) is -0.449. The van der Waals surface area contributed by atoms with Gasteiger partial charge in [-0.05, 0) is 55.1 Å². The van der Waals surface area contributed by atoms with Crippen molar-refractivity contribution in [3.8, 4) is 0 Å². The molecule has 5 aromatic rings. The van der Waals surface area contributed by atoms with Crippen molar-refractivity contribution in [3.63, 3.8) is 0 Å². The highest BCUT2D eigenvalue weighted by Crippen LogP contribution is 2.33. The minimum Gasteiger partial charge on any atom is -0.463 e. The van der Waals surface area contributed by atoms with Gasteiger partial charge in [0, 0.05) is 39.1 Å². The number of esters is 1. The van der Waals surface area contributed by atoms with Crippen molar-refractivity contribution in [1.82, 2.24) is 9.13 Å². The highest BCUT2D eigenvalue weighted by atomic mass is 35.5. The first-order chi connectivity index (χ1) is 18.9. The number of benzene rings is 2. The molecular formula is C30H24ClN3O3S2. The van der Waals surface area contributed by atoms with Crippen molar-refractivity contribution in [2.45, 2.75) is 26.4 Å². The predicted octanol–water partition coefficient (Wildman–Crippen LogP) is 5.52. The fourth-order valence-electron chi connectivity index (χ4n) is 5.00. The summed E-state index contributed by atoms with van der Waals surface area (Å²) in [5, 5.41) is 3.68. The lowest BCUT2D eigenvalue weighted by Crippen LogP contribution is -2.39. The van der Waals surface area contributed by atoms with Crippen LogP contribution in [-0.4, -0.2) is 21.7 Å². The van der Waals surface area contributed by atoms with Crippen LogP contribution in [0.1, 0.15) is 35.9 Å². The predicted molar refractivity (Wildman–Crippen MR) is 157 cm³/mol. The van der Waals surface area contributed by atoms with E-state index in [2.05, 4.69) is 27.9 Å². The molecule has 2 aromatic carbocycles. The van der Waals surface area contributed by atoms with E-state index in [9.17, 15) is 9.59 Å². The van der Waals surface area contributed by atoms with Crippen molar-refractivity contribution in [1.29, 1.82) is 0 Å². The molecule has 1 aliphatic rings. The summed E-state index contributed by atoms with van der Waals surface area (Å²) in [5.41, 5.74) is 3.87. The Labute approximate surface area is 237 Å². The molecular weight excluding hydrogens is 550 g/mol. The number of aromatic nitrogens is 2. The van der Waals surface area contributed by atoms with Gasteiger partial charge in [0.2, 0.25) is 0 Å². The molecule has 1 aliphatic heterocycles. The lowest BCUT2D eigenvalue weighted by atomic mass is 10.0. The van der Waals surface area contributed by atoms with Gasteiger partial charge in [-0.25, -0.2) is 9.79 Å². The number of allylic oxidation sites excluding steroid dienone is 1. The summed E-state index contributed by atoms with van der Waals surface area (Å²) < 4.78 is 9.72. The number of thiophene rings is 1. The molecule has 39 heavy (non-hydrogen) atoms. The number of ether oxygens (including phenoxy) is 1. The molecule has 9 heteroatoms. The average molecular weight is 574 g/mol. The molecule has 3 aromatic heterocycles. The van der Waals surface area contributed by atoms with Gasteiger partial charge in [-0.3, -0.25) is 9.36 Å². The zero-order valence-corrected chi connectivity index (χ0v) is 23.6. The molecule has 0 saturated heterocycles. The molecule has 0 bridgehead atoms. The van der Waals surface area contributed by atoms with Gasteiger partial charge in [0.25, 0.3) is 5.56 Å². The van der Waals surface area contributed by atoms with E-state index in [1.807, 2.05) is 60.0 Å². The van der Waals surface area contributed by atoms with Gasteiger partial charge < -0.3 is 9.30 Å². The smallest absolute Gasteiger partial charge is 0.338 e. The fourth-order valence-corrected chi connectivity index (χ4v) is 7.08. The Morgan fingerprint density at radius 1 is 1.15 bits per heavy atom. The maximum atomic E-state index is 13.9. The van der Waals surface area contributed by atoms with Crippen LogP contribution < -0.4 is 14.9 Å². The van der Waals surface area contributed by atoms with Crippen LogP contribution >= 0.6 is 34.3 Å². The van der Waals surface area contributed by atoms with Crippen molar-refractivity contribution in [2.75, 3.05) is 6.61 Å². The van der Waals surface area contributed by atoms with Gasteiger partial charge in [-0.15, -0.1) is 11.3 Å². The average Bonchev–Trinajstić information content (AvgIpc) is 3.63. The molecule has 0 amide bonds. The zero-order chi connectivity index (χ0) is 27.1. The van der Waals surface area contributed by atoms with Crippen molar-refractivity contribution < 1.29 is 9.53 Å². The number of carbonyl (C=O) groups excluding carboxylic acids is 1. The largest absolute Gasteiger partial charge is 0.463 e. The third kappa shape index (κ3) is 4.69. The zero-order valence-electron chi connectivity index (χ0n) is 21.3. The van der Waals surface area contributed by atoms with E-state index in [1.165, 1.54) is 22.7 Å². The van der Waals surface area contributed by atoms with Crippen LogP contribution in [0.15, 0.2) is 93.3 Å². The van der Waals surface area contributed by atoms with Crippen LogP contribution in [0, 0.1) is 0 Å². The number of hydrogen-bond donors (Lipinski definition) is 0. The molecule has 0 saturated carbocycles. The number of hydrogen-bond acceptors (Lipinski definition) is 6. The molecule has 0 N–H and O–H groups in total. The third-order valence-electron chi connectivity index (χ3n) is 6.68. The molecule has 0 radical (unpaired) electrons. The van der Waals surface area contributed by atoms with Crippen LogP contribution in [0.5, 0.6) is 0 Å². The lowest BCUT2D eigenvalue weighted by molar-refractivity contribution is -0.139. The number of halogens is 1. The molecule has 0 spiro atoms. The normalized spacial score (nSPS) is 15.5. The maximum absolute atomic E-state index is 13.9. The molecule has 4 heterocycles. The first kappa shape index (κ1) is 25.6. The summed E-state index contributed by atoms with van der Waals surface area (Å²) in [7, 11) is 0. The van der Waals surface area contributed by atoms with Crippen LogP contribution in [0.2, 0.25) is 5.02 Å². The number of carbonyl (C=O) groups is 1. The summed E-state index contributed by atoms with van der Waals surface area (Å²) in [6.45, 7) is 4.46. The second-order valence-corrected chi connectivity index (χ2v) is 11.6. The Morgan fingerprint density at radius 2 is 2.00 bits per heavy atom. The standard InChI is InChI=1S/C30H24ClN3O3S2/c1-3-37-29(36)26-18(2)32-30-34(27(26)24-12-7-13-38-24)28(35)25(39-30)15-20-17-33(23-11-5-4-10-22(20)23)16-19-8-6-9-21(31)14-19/h4-15,17,27H,3,16H2,1-2H3/b25-15-/t27-/m1/s1. The highest BCUT2D eigenvalue weighted by molar-refractivity contribution is 7.10. The number of nitrogens with zero attached hydrogens (tertiary/aromatic N) is 3. The highest BCUT2D eigenvalue weighted by Gasteiger charge is 2.33. The lowest BCUT2D eigenvalue weighted by Gasteiger charge is -2.23. The van der Waals surface area contributed by atoms with Gasteiger partial charge in [-0.2, -0.15) is 0 Å². The Kier molecular flexibility index (Phi) is 6.85. The maximum Gasteiger partial charge on any atom is 0.338 e. The Morgan fingerprint density at radius 3 is 2.77 bits per heavy atom. The van der Waals surface area contributed by atoms with Crippen LogP contribution in [0.3, 0.4) is 0 Å². The van der Waals surface area contributed by atoms with E-state index in [-0.39, 0.29) is 12.2 Å². The van der Waals surface area contributed by atoms with Crippen LogP contribution in [0.25, 0.3) is 17.0 Å². The SMILES string of the molecule is CCOC(=O)C1=C(C)N=c2s/c(=C\c3cn(Cc4cccc(Cl)c4)c4ccccc34)c(=O)n2[C@@H]1c1cccs1. The summed E-state index contributed by atoms with van der Waals surface area (Å²) in [6.07, 6.45) is 3.99. The minimum atomic E-state index is -0.577. The summed E-state index contributed by atoms with van der Waals surface area (Å²) in [6, 6.07) is 19.2. The van der Waals surface area contributed by atoms with Crippen LogP contribution in [0.4, 0.5) is 0 Å². The van der Waals surface area contributed by atoms with E-state index < -0.39 is 12.0 Å². The fraction of sp³-hybridized carbons (Fsp3) is 0.167. The molecule has 0 fully saturated rings. The van der Waals surface area contributed by atoms with E-state index >= 15 is 0 Å². The summed E-state index contributed by atoms with van der Waals surface area (Å²) >= 11 is 9.06. The quantitative estimate of drug-likeness (QED) is 0.251. The number of fused-ring (bicyclic) bond motifs is 2. The molecule has 0 aliphatic carbocycles. The van der Waals surface area contributed by atoms with Crippen LogP contribution in [-0.2, 0) is 16.1 Å². The molecule has 196 valence electrons. The molecule has 6 rings (SSSR count). The van der Waals surface area contributed by atoms with Gasteiger partial charge in [0.1, 0.15) is 6.04 Å².